The van der Waals surface area contributed by atoms with Crippen molar-refractivity contribution in [2.45, 2.75) is 39.5 Å². The van der Waals surface area contributed by atoms with E-state index in [9.17, 15) is 0 Å². The number of aryl methyl sites for hydroxylation is 2. The number of hydrogen-bond donors (Lipinski definition) is 2. The summed E-state index contributed by atoms with van der Waals surface area (Å²) in [5.74, 6) is 0.337. The summed E-state index contributed by atoms with van der Waals surface area (Å²) in [7, 11) is 0. The maximum absolute atomic E-state index is 5.69. The van der Waals surface area contributed by atoms with Crippen LogP contribution in [0, 0.1) is 6.92 Å². The summed E-state index contributed by atoms with van der Waals surface area (Å²) in [4.78, 5) is 8.47. The smallest absolute Gasteiger partial charge is 0.220 e. The van der Waals surface area contributed by atoms with Crippen LogP contribution >= 0.6 is 0 Å². The number of nitrogens with two attached hydrogens (primary N) is 1. The third-order valence-electron chi connectivity index (χ3n) is 2.68. The van der Waals surface area contributed by atoms with Crippen molar-refractivity contribution in [3.05, 3.63) is 11.4 Å². The first-order valence-electron chi connectivity index (χ1n) is 5.69. The van der Waals surface area contributed by atoms with Gasteiger partial charge < -0.3 is 5.73 Å². The van der Waals surface area contributed by atoms with Crippen LogP contribution in [0.15, 0.2) is 0 Å². The third-order valence-corrected chi connectivity index (χ3v) is 2.68. The van der Waals surface area contributed by atoms with Gasteiger partial charge in [-0.2, -0.15) is 5.10 Å². The molecule has 0 spiro atoms. The van der Waals surface area contributed by atoms with Crippen molar-refractivity contribution in [1.29, 1.82) is 0 Å². The van der Waals surface area contributed by atoms with Crippen molar-refractivity contribution < 1.29 is 0 Å². The fourth-order valence-electron chi connectivity index (χ4n) is 1.81. The molecule has 0 amide bonds. The fourth-order valence-corrected chi connectivity index (χ4v) is 1.81. The molecule has 5 nitrogen and oxygen atoms in total. The molecule has 0 aliphatic rings. The van der Waals surface area contributed by atoms with E-state index in [0.29, 0.717) is 5.95 Å². The van der Waals surface area contributed by atoms with E-state index in [-0.39, 0.29) is 0 Å². The van der Waals surface area contributed by atoms with Crippen molar-refractivity contribution in [3.8, 4) is 0 Å². The van der Waals surface area contributed by atoms with Crippen LogP contribution in [-0.2, 0) is 6.42 Å². The lowest BCUT2D eigenvalue weighted by Crippen LogP contribution is -2.00. The second-order valence-corrected chi connectivity index (χ2v) is 4.03. The Kier molecular flexibility index (Phi) is 3.03. The number of aromatic amines is 1. The molecule has 0 bridgehead atoms. The maximum atomic E-state index is 5.69. The number of hydrogen-bond acceptors (Lipinski definition) is 4. The van der Waals surface area contributed by atoms with Crippen molar-refractivity contribution in [2.75, 3.05) is 5.73 Å². The highest BCUT2D eigenvalue weighted by Crippen LogP contribution is 2.18. The minimum atomic E-state index is 0.337. The summed E-state index contributed by atoms with van der Waals surface area (Å²) < 4.78 is 0. The predicted octanol–water partition coefficient (Wildman–Crippen LogP) is 1.98. The molecule has 0 aromatic carbocycles. The Balaban J connectivity index is 2.35. The van der Waals surface area contributed by atoms with Crippen LogP contribution in [0.3, 0.4) is 0 Å². The summed E-state index contributed by atoms with van der Waals surface area (Å²) in [5.41, 5.74) is 9.31. The molecule has 0 saturated heterocycles. The largest absolute Gasteiger partial charge is 0.368 e. The number of nitrogens with one attached hydrogen (secondary N) is 1. The van der Waals surface area contributed by atoms with Crippen LogP contribution in [0.1, 0.15) is 37.6 Å². The summed E-state index contributed by atoms with van der Waals surface area (Å²) in [6.07, 6.45) is 4.44. The van der Waals surface area contributed by atoms with Gasteiger partial charge in [-0.3, -0.25) is 5.10 Å². The first-order chi connectivity index (χ1) is 7.72. The number of nitrogens with zero attached hydrogens (tertiary/aromatic N) is 3. The lowest BCUT2D eigenvalue weighted by molar-refractivity contribution is 0.709. The Hall–Kier alpha value is -1.65. The number of H-pyrrole nitrogens is 1. The average molecular weight is 219 g/mol. The van der Waals surface area contributed by atoms with Gasteiger partial charge in [-0.1, -0.05) is 19.8 Å². The van der Waals surface area contributed by atoms with Crippen molar-refractivity contribution >= 4 is 17.0 Å². The predicted molar refractivity (Wildman–Crippen MR) is 64.1 cm³/mol. The molecule has 0 fully saturated rings. The van der Waals surface area contributed by atoms with Gasteiger partial charge in [0.2, 0.25) is 5.95 Å². The van der Waals surface area contributed by atoms with Gasteiger partial charge in [0.15, 0.2) is 0 Å². The van der Waals surface area contributed by atoms with Gasteiger partial charge in [0.25, 0.3) is 0 Å². The summed E-state index contributed by atoms with van der Waals surface area (Å²) in [6, 6.07) is 0. The van der Waals surface area contributed by atoms with Crippen LogP contribution in [0.4, 0.5) is 5.95 Å². The highest BCUT2D eigenvalue weighted by Gasteiger charge is 2.10. The van der Waals surface area contributed by atoms with E-state index >= 15 is 0 Å². The molecule has 2 rings (SSSR count). The molecular formula is C11H17N5. The number of anilines is 1. The first kappa shape index (κ1) is 10.9. The Morgan fingerprint density at radius 1 is 1.19 bits per heavy atom. The molecule has 0 unspecified atom stereocenters. The summed E-state index contributed by atoms with van der Waals surface area (Å²) >= 11 is 0. The van der Waals surface area contributed by atoms with E-state index in [1.807, 2.05) is 6.92 Å². The highest BCUT2D eigenvalue weighted by molar-refractivity contribution is 5.79. The molecule has 0 saturated carbocycles. The lowest BCUT2D eigenvalue weighted by atomic mass is 10.1. The second kappa shape index (κ2) is 4.47. The highest BCUT2D eigenvalue weighted by atomic mass is 15.2. The van der Waals surface area contributed by atoms with E-state index < -0.39 is 0 Å². The second-order valence-electron chi connectivity index (χ2n) is 4.03. The Morgan fingerprint density at radius 3 is 2.75 bits per heavy atom. The van der Waals surface area contributed by atoms with Gasteiger partial charge >= 0.3 is 0 Å². The Morgan fingerprint density at radius 2 is 2.00 bits per heavy atom. The standard InChI is InChI=1S/C11H17N5/c1-3-4-5-6-8-10-9(7(2)15-16-10)14-11(12)13-8/h3-6H2,1-2H3,(H,15,16)(H2,12,13,14). The van der Waals surface area contributed by atoms with Crippen LogP contribution in [0.2, 0.25) is 0 Å². The van der Waals surface area contributed by atoms with Gasteiger partial charge in [-0.25, -0.2) is 9.97 Å². The van der Waals surface area contributed by atoms with E-state index in [2.05, 4.69) is 27.1 Å². The third kappa shape index (κ3) is 1.98. The van der Waals surface area contributed by atoms with E-state index in [4.69, 9.17) is 5.73 Å². The van der Waals surface area contributed by atoms with E-state index in [1.165, 1.54) is 12.8 Å². The van der Waals surface area contributed by atoms with E-state index in [1.54, 1.807) is 0 Å². The molecule has 0 aliphatic carbocycles. The molecule has 2 heterocycles. The summed E-state index contributed by atoms with van der Waals surface area (Å²) in [6.45, 7) is 4.13. The van der Waals surface area contributed by atoms with Gasteiger partial charge in [-0.15, -0.1) is 0 Å². The fraction of sp³-hybridized carbons (Fsp3) is 0.545. The molecule has 0 atom stereocenters. The zero-order valence-electron chi connectivity index (χ0n) is 9.75. The van der Waals surface area contributed by atoms with E-state index in [0.717, 1.165) is 35.3 Å². The van der Waals surface area contributed by atoms with Crippen LogP contribution < -0.4 is 5.73 Å². The van der Waals surface area contributed by atoms with Crippen molar-refractivity contribution in [1.82, 2.24) is 20.2 Å². The van der Waals surface area contributed by atoms with Crippen LogP contribution in [0.5, 0.6) is 0 Å². The van der Waals surface area contributed by atoms with Crippen LogP contribution in [0.25, 0.3) is 11.0 Å². The lowest BCUT2D eigenvalue weighted by Gasteiger charge is -2.02. The summed E-state index contributed by atoms with van der Waals surface area (Å²) in [5, 5.41) is 7.16. The normalized spacial score (nSPS) is 11.1. The molecule has 5 heteroatoms. The topological polar surface area (TPSA) is 80.5 Å². The average Bonchev–Trinajstić information content (AvgIpc) is 2.61. The molecule has 86 valence electrons. The first-order valence-corrected chi connectivity index (χ1v) is 5.69. The van der Waals surface area contributed by atoms with Crippen molar-refractivity contribution in [3.63, 3.8) is 0 Å². The molecule has 2 aromatic heterocycles. The zero-order chi connectivity index (χ0) is 11.5. The van der Waals surface area contributed by atoms with Crippen LogP contribution in [-0.4, -0.2) is 20.2 Å². The zero-order valence-corrected chi connectivity index (χ0v) is 9.75. The monoisotopic (exact) mass is 219 g/mol. The molecule has 3 N–H and O–H groups in total. The van der Waals surface area contributed by atoms with Gasteiger partial charge in [0.1, 0.15) is 11.0 Å². The van der Waals surface area contributed by atoms with Gasteiger partial charge in [0, 0.05) is 0 Å². The molecular weight excluding hydrogens is 202 g/mol. The molecule has 0 radical (unpaired) electrons. The maximum Gasteiger partial charge on any atom is 0.220 e. The Bertz CT molecular complexity index is 488. The number of fused-ring (bicyclic) bond motifs is 1. The Labute approximate surface area is 94.5 Å². The molecule has 2 aromatic rings. The number of aromatic nitrogens is 4. The number of nitrogen functional groups attached to an aromatic ring is 1. The van der Waals surface area contributed by atoms with Gasteiger partial charge in [0.05, 0.1) is 11.4 Å². The molecule has 0 aliphatic heterocycles. The molecule has 16 heavy (non-hydrogen) atoms. The van der Waals surface area contributed by atoms with Crippen molar-refractivity contribution in [2.24, 2.45) is 0 Å². The SMILES string of the molecule is CCCCCc1nc(N)nc2c(C)[nH]nc12. The number of unbranched alkanes of at least 4 members (excludes halogenated alkanes) is 2. The quantitative estimate of drug-likeness (QED) is 0.770. The number of rotatable bonds is 4. The minimum Gasteiger partial charge on any atom is -0.368 e. The van der Waals surface area contributed by atoms with Gasteiger partial charge in [-0.05, 0) is 19.8 Å². The minimum absolute atomic E-state index is 0.337.